The second-order valence-corrected chi connectivity index (χ2v) is 19.2. The van der Waals surface area contributed by atoms with Gasteiger partial charge < -0.3 is 20.6 Å². The number of hydrogen-bond donors (Lipinski definition) is 4. The number of allylic oxidation sites excluding steroid dienone is 3. The standard InChI is InChI=1S/C56H109NO4/c1-3-5-7-9-11-13-15-17-19-21-22-23-24-25-26-27-28-29-30-31-32-33-34-35-37-39-41-43-45-47-49-53(59)51-56(61)57-54(52-58)55(60)50-48-46-44-42-40-38-36-20-18-16-14-12-10-8-6-4-2/h25-26,48,50,53-55,58-60H,3-24,27-47,49,51-52H2,1-2H3,(H,57,61)/b26-25-,50-48+. The summed E-state index contributed by atoms with van der Waals surface area (Å²) in [5.41, 5.74) is 0. The fourth-order valence-electron chi connectivity index (χ4n) is 8.75. The Balaban J connectivity index is 3.52. The third kappa shape index (κ3) is 48.1. The van der Waals surface area contributed by atoms with Crippen LogP contribution in [0.2, 0.25) is 0 Å². The Morgan fingerprint density at radius 2 is 0.689 bits per heavy atom. The molecule has 0 aliphatic heterocycles. The first-order chi connectivity index (χ1) is 30.0. The van der Waals surface area contributed by atoms with Crippen molar-refractivity contribution < 1.29 is 20.1 Å². The van der Waals surface area contributed by atoms with Crippen LogP contribution >= 0.6 is 0 Å². The molecule has 362 valence electrons. The number of unbranched alkanes of at least 4 members (excludes halogenated alkanes) is 40. The average Bonchev–Trinajstić information content (AvgIpc) is 3.25. The number of nitrogens with one attached hydrogen (secondary N) is 1. The fourth-order valence-corrected chi connectivity index (χ4v) is 8.75. The normalized spacial score (nSPS) is 13.5. The van der Waals surface area contributed by atoms with E-state index in [4.69, 9.17) is 0 Å². The van der Waals surface area contributed by atoms with Crippen molar-refractivity contribution in [3.63, 3.8) is 0 Å². The molecule has 0 aromatic rings. The molecule has 1 amide bonds. The molecule has 0 saturated heterocycles. The summed E-state index contributed by atoms with van der Waals surface area (Å²) in [7, 11) is 0. The van der Waals surface area contributed by atoms with Crippen molar-refractivity contribution in [1.29, 1.82) is 0 Å². The van der Waals surface area contributed by atoms with Crippen molar-refractivity contribution in [2.24, 2.45) is 0 Å². The first kappa shape index (κ1) is 59.8. The highest BCUT2D eigenvalue weighted by atomic mass is 16.3. The van der Waals surface area contributed by atoms with Gasteiger partial charge in [0.1, 0.15) is 0 Å². The van der Waals surface area contributed by atoms with E-state index in [0.717, 1.165) is 25.7 Å². The molecule has 0 aliphatic rings. The van der Waals surface area contributed by atoms with E-state index >= 15 is 0 Å². The predicted octanol–water partition coefficient (Wildman–Crippen LogP) is 16.9. The van der Waals surface area contributed by atoms with Crippen LogP contribution in [0.15, 0.2) is 24.3 Å². The van der Waals surface area contributed by atoms with Gasteiger partial charge in [-0.2, -0.15) is 0 Å². The van der Waals surface area contributed by atoms with Crippen LogP contribution in [0.3, 0.4) is 0 Å². The molecule has 0 saturated carbocycles. The van der Waals surface area contributed by atoms with Gasteiger partial charge in [0.25, 0.3) is 0 Å². The number of aliphatic hydroxyl groups excluding tert-OH is 3. The molecule has 5 heteroatoms. The Bertz CT molecular complexity index is 905. The largest absolute Gasteiger partial charge is 0.394 e. The van der Waals surface area contributed by atoms with E-state index < -0.39 is 18.2 Å². The molecule has 3 atom stereocenters. The topological polar surface area (TPSA) is 89.8 Å². The van der Waals surface area contributed by atoms with Gasteiger partial charge in [0.05, 0.1) is 31.3 Å². The summed E-state index contributed by atoms with van der Waals surface area (Å²) in [5, 5.41) is 33.4. The van der Waals surface area contributed by atoms with E-state index in [2.05, 4.69) is 31.3 Å². The lowest BCUT2D eigenvalue weighted by Crippen LogP contribution is -2.45. The molecule has 61 heavy (non-hydrogen) atoms. The molecule has 0 fully saturated rings. The van der Waals surface area contributed by atoms with Crippen LogP contribution in [0.5, 0.6) is 0 Å². The summed E-state index contributed by atoms with van der Waals surface area (Å²) in [5.74, 6) is -0.311. The van der Waals surface area contributed by atoms with Crippen molar-refractivity contribution in [3.05, 3.63) is 24.3 Å². The van der Waals surface area contributed by atoms with Crippen LogP contribution < -0.4 is 5.32 Å². The summed E-state index contributed by atoms with van der Waals surface area (Å²) >= 11 is 0. The van der Waals surface area contributed by atoms with Gasteiger partial charge in [-0.3, -0.25) is 4.79 Å². The zero-order chi connectivity index (χ0) is 44.4. The molecule has 0 radical (unpaired) electrons. The smallest absolute Gasteiger partial charge is 0.222 e. The van der Waals surface area contributed by atoms with Gasteiger partial charge >= 0.3 is 0 Å². The summed E-state index contributed by atoms with van der Waals surface area (Å²) in [6.45, 7) is 4.24. The fraction of sp³-hybridized carbons (Fsp3) is 0.911. The van der Waals surface area contributed by atoms with E-state index in [0.29, 0.717) is 6.42 Å². The van der Waals surface area contributed by atoms with E-state index in [1.807, 2.05) is 6.08 Å². The van der Waals surface area contributed by atoms with Crippen LogP contribution in [0, 0.1) is 0 Å². The Morgan fingerprint density at radius 1 is 0.410 bits per heavy atom. The summed E-state index contributed by atoms with van der Waals surface area (Å²) in [4.78, 5) is 12.5. The maximum absolute atomic E-state index is 12.5. The van der Waals surface area contributed by atoms with E-state index in [1.165, 1.54) is 250 Å². The minimum absolute atomic E-state index is 0.0168. The molecule has 3 unspecified atom stereocenters. The van der Waals surface area contributed by atoms with Crippen molar-refractivity contribution in [2.75, 3.05) is 6.61 Å². The molecular formula is C56H109NO4. The van der Waals surface area contributed by atoms with E-state index in [9.17, 15) is 20.1 Å². The second kappa shape index (κ2) is 51.5. The zero-order valence-electron chi connectivity index (χ0n) is 41.3. The van der Waals surface area contributed by atoms with Crippen LogP contribution in [0.25, 0.3) is 0 Å². The molecule has 5 nitrogen and oxygen atoms in total. The molecule has 4 N–H and O–H groups in total. The van der Waals surface area contributed by atoms with Gasteiger partial charge in [0.2, 0.25) is 5.91 Å². The monoisotopic (exact) mass is 860 g/mol. The van der Waals surface area contributed by atoms with E-state index in [-0.39, 0.29) is 18.9 Å². The Labute approximate surface area is 382 Å². The van der Waals surface area contributed by atoms with Gasteiger partial charge in [0.15, 0.2) is 0 Å². The highest BCUT2D eigenvalue weighted by molar-refractivity contribution is 5.76. The highest BCUT2D eigenvalue weighted by Crippen LogP contribution is 2.17. The SMILES string of the molecule is CCCCCCCCCCCCCC/C=C\CCCCCCCCCCCCCCCCC(O)CC(=O)NC(CO)C(O)/C=C/CCCCCCCCCCCCCCCC. The van der Waals surface area contributed by atoms with Crippen LogP contribution in [0.4, 0.5) is 0 Å². The van der Waals surface area contributed by atoms with Gasteiger partial charge in [0, 0.05) is 0 Å². The zero-order valence-corrected chi connectivity index (χ0v) is 41.3. The molecule has 0 spiro atoms. The lowest BCUT2D eigenvalue weighted by molar-refractivity contribution is -0.124. The predicted molar refractivity (Wildman–Crippen MR) is 268 cm³/mol. The number of carbonyl (C=O) groups is 1. The number of carbonyl (C=O) groups excluding carboxylic acids is 1. The number of rotatable bonds is 51. The maximum Gasteiger partial charge on any atom is 0.222 e. The van der Waals surface area contributed by atoms with E-state index in [1.54, 1.807) is 6.08 Å². The van der Waals surface area contributed by atoms with Crippen molar-refractivity contribution >= 4 is 5.91 Å². The van der Waals surface area contributed by atoms with Gasteiger partial charge in [-0.15, -0.1) is 0 Å². The molecule has 0 bridgehead atoms. The lowest BCUT2D eigenvalue weighted by atomic mass is 10.0. The molecule has 0 aliphatic carbocycles. The van der Waals surface area contributed by atoms with Crippen LogP contribution in [-0.4, -0.2) is 46.1 Å². The molecule has 0 rings (SSSR count). The lowest BCUT2D eigenvalue weighted by Gasteiger charge is -2.21. The first-order valence-electron chi connectivity index (χ1n) is 27.6. The number of amides is 1. The molecule has 0 heterocycles. The highest BCUT2D eigenvalue weighted by Gasteiger charge is 2.20. The first-order valence-corrected chi connectivity index (χ1v) is 27.6. The van der Waals surface area contributed by atoms with Crippen molar-refractivity contribution in [3.8, 4) is 0 Å². The second-order valence-electron chi connectivity index (χ2n) is 19.2. The Morgan fingerprint density at radius 3 is 1.00 bits per heavy atom. The van der Waals surface area contributed by atoms with Gasteiger partial charge in [-0.1, -0.05) is 276 Å². The van der Waals surface area contributed by atoms with Crippen molar-refractivity contribution in [1.82, 2.24) is 5.32 Å². The van der Waals surface area contributed by atoms with Crippen LogP contribution in [-0.2, 0) is 4.79 Å². The number of hydrogen-bond acceptors (Lipinski definition) is 4. The van der Waals surface area contributed by atoms with Crippen molar-refractivity contribution in [2.45, 2.75) is 321 Å². The summed E-state index contributed by atoms with van der Waals surface area (Å²) in [6, 6.07) is -0.742. The quantitative estimate of drug-likeness (QED) is 0.0362. The Kier molecular flexibility index (Phi) is 50.5. The maximum atomic E-state index is 12.5. The minimum atomic E-state index is -0.927. The summed E-state index contributed by atoms with van der Waals surface area (Å²) < 4.78 is 0. The molecule has 0 aromatic heterocycles. The van der Waals surface area contributed by atoms with Crippen LogP contribution in [0.1, 0.15) is 303 Å². The minimum Gasteiger partial charge on any atom is -0.394 e. The Hall–Kier alpha value is -1.17. The average molecular weight is 860 g/mol. The third-order valence-corrected chi connectivity index (χ3v) is 13.0. The van der Waals surface area contributed by atoms with Gasteiger partial charge in [-0.25, -0.2) is 0 Å². The summed E-state index contributed by atoms with van der Waals surface area (Å²) in [6.07, 6.45) is 65.1. The number of aliphatic hydroxyl groups is 3. The molecular weight excluding hydrogens is 751 g/mol. The third-order valence-electron chi connectivity index (χ3n) is 13.0. The van der Waals surface area contributed by atoms with Gasteiger partial charge in [-0.05, 0) is 44.9 Å². The molecule has 0 aromatic carbocycles.